The number of hydrogen-bond acceptors (Lipinski definition) is 3. The summed E-state index contributed by atoms with van der Waals surface area (Å²) in [6.45, 7) is 16.2. The van der Waals surface area contributed by atoms with Gasteiger partial charge in [-0.25, -0.2) is 9.98 Å². The van der Waals surface area contributed by atoms with Crippen molar-refractivity contribution in [3.63, 3.8) is 0 Å². The minimum atomic E-state index is 0.226. The molecular weight excluding hydrogens is 464 g/mol. The number of rotatable bonds is 10. The van der Waals surface area contributed by atoms with E-state index in [4.69, 9.17) is 15.4 Å². The van der Waals surface area contributed by atoms with Crippen molar-refractivity contribution >= 4 is 17.3 Å². The van der Waals surface area contributed by atoms with Crippen molar-refractivity contribution in [2.75, 3.05) is 0 Å². The molecule has 1 aromatic rings. The monoisotopic (exact) mass is 506 g/mol. The molecule has 38 heavy (non-hydrogen) atoms. The number of aryl methyl sites for hydroxylation is 1. The number of unbranched alkanes of at least 4 members (excludes halogenated alkanes) is 1. The summed E-state index contributed by atoms with van der Waals surface area (Å²) < 4.78 is 0. The van der Waals surface area contributed by atoms with Crippen LogP contribution < -0.4 is 0 Å². The Morgan fingerprint density at radius 2 is 1.87 bits per heavy atom. The summed E-state index contributed by atoms with van der Waals surface area (Å²) in [4.78, 5) is 12.0. The minimum Gasteiger partial charge on any atom is -0.340 e. The fourth-order valence-electron chi connectivity index (χ4n) is 4.87. The second-order valence-electron chi connectivity index (χ2n) is 12.0. The van der Waals surface area contributed by atoms with Crippen molar-refractivity contribution in [2.24, 2.45) is 21.3 Å². The van der Waals surface area contributed by atoms with Crippen LogP contribution in [-0.4, -0.2) is 22.2 Å². The first kappa shape index (κ1) is 27.5. The van der Waals surface area contributed by atoms with Crippen molar-refractivity contribution in [2.45, 2.75) is 73.3 Å². The highest BCUT2D eigenvalue weighted by Gasteiger charge is 2.25. The molecule has 0 amide bonds. The van der Waals surface area contributed by atoms with E-state index in [1.807, 2.05) is 6.08 Å². The predicted molar refractivity (Wildman–Crippen MR) is 163 cm³/mol. The van der Waals surface area contributed by atoms with Crippen LogP contribution in [0, 0.1) is 23.7 Å². The quantitative estimate of drug-likeness (QED) is 0.250. The number of nitrogens with zero attached hydrogens (tertiary/aromatic N) is 3. The lowest BCUT2D eigenvalue weighted by atomic mass is 9.86. The van der Waals surface area contributed by atoms with Gasteiger partial charge in [0, 0.05) is 12.7 Å². The summed E-state index contributed by atoms with van der Waals surface area (Å²) in [7, 11) is 0. The highest BCUT2D eigenvalue weighted by Crippen LogP contribution is 2.29. The molecule has 1 N–H and O–H groups in total. The molecule has 0 saturated carbocycles. The maximum atomic E-state index is 8.69. The normalized spacial score (nSPS) is 20.1. The number of allylic oxidation sites excluding steroid dienone is 8. The Morgan fingerprint density at radius 3 is 2.61 bits per heavy atom. The van der Waals surface area contributed by atoms with E-state index in [0.717, 1.165) is 61.3 Å². The number of nitrogens with one attached hydrogen (secondary N) is 1. The molecule has 4 nitrogen and oxygen atoms in total. The van der Waals surface area contributed by atoms with E-state index in [2.05, 4.69) is 107 Å². The van der Waals surface area contributed by atoms with E-state index in [0.29, 0.717) is 11.6 Å². The van der Waals surface area contributed by atoms with Crippen molar-refractivity contribution in [1.82, 2.24) is 4.90 Å². The summed E-state index contributed by atoms with van der Waals surface area (Å²) >= 11 is 0. The van der Waals surface area contributed by atoms with Gasteiger partial charge in [0.2, 0.25) is 0 Å². The Kier molecular flexibility index (Phi) is 8.61. The van der Waals surface area contributed by atoms with Crippen molar-refractivity contribution in [3.8, 4) is 0 Å². The zero-order valence-corrected chi connectivity index (χ0v) is 23.7. The van der Waals surface area contributed by atoms with Gasteiger partial charge in [-0.15, -0.1) is 0 Å². The molecule has 1 unspecified atom stereocenters. The first-order chi connectivity index (χ1) is 18.1. The minimum absolute atomic E-state index is 0.226. The van der Waals surface area contributed by atoms with Crippen molar-refractivity contribution < 1.29 is 0 Å². The zero-order valence-electron chi connectivity index (χ0n) is 23.7. The number of hydrogen-bond donors (Lipinski definition) is 1. The summed E-state index contributed by atoms with van der Waals surface area (Å²) in [6, 6.07) is 8.63. The van der Waals surface area contributed by atoms with Gasteiger partial charge in [0.15, 0.2) is 5.84 Å². The van der Waals surface area contributed by atoms with Crippen LogP contribution in [0.4, 0.5) is 0 Å². The summed E-state index contributed by atoms with van der Waals surface area (Å²) in [5, 5.41) is 8.69. The van der Waals surface area contributed by atoms with Crippen LogP contribution in [-0.2, 0) is 6.54 Å². The molecule has 0 radical (unpaired) electrons. The van der Waals surface area contributed by atoms with E-state index in [-0.39, 0.29) is 11.3 Å². The predicted octanol–water partition coefficient (Wildman–Crippen LogP) is 8.65. The van der Waals surface area contributed by atoms with Gasteiger partial charge >= 0.3 is 0 Å². The Morgan fingerprint density at radius 1 is 1.11 bits per heavy atom. The molecule has 0 aromatic heterocycles. The molecule has 0 spiro atoms. The summed E-state index contributed by atoms with van der Waals surface area (Å²) in [5.74, 6) is 0.535. The third kappa shape index (κ3) is 7.98. The van der Waals surface area contributed by atoms with Gasteiger partial charge in [-0.3, -0.25) is 5.41 Å². The van der Waals surface area contributed by atoms with E-state index in [9.17, 15) is 0 Å². The fourth-order valence-corrected chi connectivity index (χ4v) is 4.87. The van der Waals surface area contributed by atoms with Crippen LogP contribution in [0.15, 0.2) is 106 Å². The maximum absolute atomic E-state index is 8.69. The second-order valence-corrected chi connectivity index (χ2v) is 12.0. The largest absolute Gasteiger partial charge is 0.340 e. The van der Waals surface area contributed by atoms with Gasteiger partial charge < -0.3 is 4.90 Å². The third-order valence-electron chi connectivity index (χ3n) is 6.80. The van der Waals surface area contributed by atoms with Crippen LogP contribution in [0.1, 0.15) is 70.9 Å². The van der Waals surface area contributed by atoms with Gasteiger partial charge in [-0.1, -0.05) is 100 Å². The van der Waals surface area contributed by atoms with Crippen LogP contribution in [0.2, 0.25) is 0 Å². The lowest BCUT2D eigenvalue weighted by molar-refractivity contribution is 0.403. The standard InChI is InChI=1S/C34H42N4/c1-24-15-17-27(18-16-24)22-38-23-29(38)20-31-33(35)37-32(28-13-9-7-11-25(2)19-28)30(36-31)14-10-8-12-26(3)21-34(4,5)6/h7,9,11,13,15-20,23,25,35H,3,8,10,12,14,21-22H2,1-2,4-6H3/b31-20+,35-33?. The molecule has 4 heteroatoms. The molecule has 0 saturated heterocycles. The molecule has 4 rings (SSSR count). The van der Waals surface area contributed by atoms with Crippen molar-refractivity contribution in [1.29, 1.82) is 5.41 Å². The molecule has 3 aliphatic rings. The first-order valence-electron chi connectivity index (χ1n) is 13.8. The first-order valence-corrected chi connectivity index (χ1v) is 13.8. The van der Waals surface area contributed by atoms with E-state index < -0.39 is 0 Å². The number of benzene rings is 1. The SMILES string of the molecule is C=C(CCCCC1=N/C(=C/C2=CN2Cc2ccc(C)cc2)C(=N)N=C1C1=CC(C)C=CC=C1)CC(C)(C)C. The molecule has 198 valence electrons. The molecule has 2 heterocycles. The topological polar surface area (TPSA) is 51.6 Å². The van der Waals surface area contributed by atoms with E-state index in [1.165, 1.54) is 16.7 Å². The van der Waals surface area contributed by atoms with Crippen LogP contribution in [0.3, 0.4) is 0 Å². The van der Waals surface area contributed by atoms with Gasteiger partial charge in [0.1, 0.15) is 5.70 Å². The molecule has 1 aromatic carbocycles. The molecule has 0 fully saturated rings. The number of amidine groups is 1. The van der Waals surface area contributed by atoms with Crippen LogP contribution in [0.25, 0.3) is 0 Å². The lowest BCUT2D eigenvalue weighted by Gasteiger charge is -2.20. The van der Waals surface area contributed by atoms with Gasteiger partial charge in [-0.2, -0.15) is 0 Å². The Balaban J connectivity index is 1.47. The summed E-state index contributed by atoms with van der Waals surface area (Å²) in [6.07, 6.45) is 19.8. The van der Waals surface area contributed by atoms with Gasteiger partial charge in [0.25, 0.3) is 0 Å². The zero-order chi connectivity index (χ0) is 27.3. The summed E-state index contributed by atoms with van der Waals surface area (Å²) in [5.41, 5.74) is 8.74. The molecule has 0 bridgehead atoms. The van der Waals surface area contributed by atoms with Crippen LogP contribution >= 0.6 is 0 Å². The molecule has 1 atom stereocenters. The molecule has 2 aliphatic heterocycles. The average Bonchev–Trinajstić information content (AvgIpc) is 3.61. The van der Waals surface area contributed by atoms with Gasteiger partial charge in [-0.05, 0) is 67.6 Å². The average molecular weight is 507 g/mol. The van der Waals surface area contributed by atoms with E-state index >= 15 is 0 Å². The highest BCUT2D eigenvalue weighted by molar-refractivity contribution is 6.52. The Labute approximate surface area is 229 Å². The lowest BCUT2D eigenvalue weighted by Crippen LogP contribution is -2.23. The van der Waals surface area contributed by atoms with Crippen LogP contribution in [0.5, 0.6) is 0 Å². The highest BCUT2D eigenvalue weighted by atomic mass is 15.2. The Hall–Kier alpha value is -3.53. The van der Waals surface area contributed by atoms with E-state index in [1.54, 1.807) is 0 Å². The molecular formula is C34H42N4. The van der Waals surface area contributed by atoms with Gasteiger partial charge in [0.05, 0.1) is 17.1 Å². The fraction of sp³-hybridized carbons (Fsp3) is 0.382. The maximum Gasteiger partial charge on any atom is 0.171 e. The number of aliphatic imine (C=N–C) groups is 2. The smallest absolute Gasteiger partial charge is 0.171 e. The Bertz CT molecular complexity index is 1290. The molecule has 1 aliphatic carbocycles. The third-order valence-corrected chi connectivity index (χ3v) is 6.80. The second kappa shape index (κ2) is 11.9. The van der Waals surface area contributed by atoms with Crippen molar-refractivity contribution in [3.05, 3.63) is 107 Å².